The van der Waals surface area contributed by atoms with E-state index in [1.807, 2.05) is 49.4 Å². The third-order valence-corrected chi connectivity index (χ3v) is 3.86. The summed E-state index contributed by atoms with van der Waals surface area (Å²) in [6, 6.07) is 15.8. The molecule has 1 atom stereocenters. The maximum Gasteiger partial charge on any atom is 0.315 e. The van der Waals surface area contributed by atoms with E-state index in [1.54, 1.807) is 7.11 Å². The lowest BCUT2D eigenvalue weighted by molar-refractivity contribution is 0.238. The number of hydrogen-bond acceptors (Lipinski definition) is 2. The van der Waals surface area contributed by atoms with Crippen molar-refractivity contribution in [2.75, 3.05) is 13.7 Å². The van der Waals surface area contributed by atoms with Gasteiger partial charge in [0.2, 0.25) is 0 Å². The first-order valence-corrected chi connectivity index (χ1v) is 7.83. The van der Waals surface area contributed by atoms with Crippen molar-refractivity contribution in [3.8, 4) is 5.75 Å². The highest BCUT2D eigenvalue weighted by molar-refractivity contribution is 5.74. The van der Waals surface area contributed by atoms with Crippen LogP contribution in [-0.2, 0) is 6.42 Å². The van der Waals surface area contributed by atoms with E-state index >= 15 is 0 Å². The van der Waals surface area contributed by atoms with E-state index in [1.165, 1.54) is 5.56 Å². The third-order valence-electron chi connectivity index (χ3n) is 3.86. The molecule has 2 aromatic rings. The Labute approximate surface area is 137 Å². The summed E-state index contributed by atoms with van der Waals surface area (Å²) in [6.07, 6.45) is 0.788. The molecule has 0 aliphatic rings. The number of nitrogens with one attached hydrogen (secondary N) is 2. The van der Waals surface area contributed by atoms with Gasteiger partial charge >= 0.3 is 6.03 Å². The highest BCUT2D eigenvalue weighted by atomic mass is 16.5. The topological polar surface area (TPSA) is 50.4 Å². The van der Waals surface area contributed by atoms with Gasteiger partial charge in [-0.2, -0.15) is 0 Å². The number of carbonyl (C=O) groups excluding carboxylic acids is 1. The van der Waals surface area contributed by atoms with E-state index in [0.717, 1.165) is 23.3 Å². The fourth-order valence-corrected chi connectivity index (χ4v) is 2.51. The van der Waals surface area contributed by atoms with Crippen molar-refractivity contribution in [3.05, 3.63) is 65.2 Å². The van der Waals surface area contributed by atoms with Crippen LogP contribution in [0.3, 0.4) is 0 Å². The second-order valence-corrected chi connectivity index (χ2v) is 5.58. The van der Waals surface area contributed by atoms with Crippen LogP contribution in [0.25, 0.3) is 0 Å². The monoisotopic (exact) mass is 312 g/mol. The molecule has 0 bridgehead atoms. The number of methoxy groups -OCH3 is 1. The summed E-state index contributed by atoms with van der Waals surface area (Å²) >= 11 is 0. The average Bonchev–Trinajstić information content (AvgIpc) is 2.55. The SMILES string of the molecule is COc1ccc(CCNC(=O)NC(C)c2ccccc2C)cc1. The second-order valence-electron chi connectivity index (χ2n) is 5.58. The van der Waals surface area contributed by atoms with E-state index in [9.17, 15) is 4.79 Å². The van der Waals surface area contributed by atoms with Gasteiger partial charge in [0.1, 0.15) is 5.75 Å². The van der Waals surface area contributed by atoms with Crippen molar-refractivity contribution in [1.82, 2.24) is 10.6 Å². The van der Waals surface area contributed by atoms with Gasteiger partial charge in [-0.15, -0.1) is 0 Å². The highest BCUT2D eigenvalue weighted by Gasteiger charge is 2.10. The second kappa shape index (κ2) is 8.22. The minimum absolute atomic E-state index is 0.0165. The van der Waals surface area contributed by atoms with Gasteiger partial charge < -0.3 is 15.4 Å². The molecule has 0 aliphatic carbocycles. The summed E-state index contributed by atoms with van der Waals surface area (Å²) in [5.74, 6) is 0.839. The Kier molecular flexibility index (Phi) is 6.03. The van der Waals surface area contributed by atoms with Crippen LogP contribution in [0.4, 0.5) is 4.79 Å². The maximum atomic E-state index is 12.0. The summed E-state index contributed by atoms with van der Waals surface area (Å²) < 4.78 is 5.13. The van der Waals surface area contributed by atoms with Gasteiger partial charge in [0.25, 0.3) is 0 Å². The van der Waals surface area contributed by atoms with Crippen LogP contribution in [0, 0.1) is 6.92 Å². The highest BCUT2D eigenvalue weighted by Crippen LogP contribution is 2.16. The summed E-state index contributed by atoms with van der Waals surface area (Å²) in [5, 5.41) is 5.87. The Bertz CT molecular complexity index is 638. The van der Waals surface area contributed by atoms with Crippen LogP contribution in [0.5, 0.6) is 5.75 Å². The number of rotatable bonds is 6. The van der Waals surface area contributed by atoms with Crippen molar-refractivity contribution >= 4 is 6.03 Å². The standard InChI is InChI=1S/C19H24N2O2/c1-14-6-4-5-7-18(14)15(2)21-19(22)20-13-12-16-8-10-17(23-3)11-9-16/h4-11,15H,12-13H2,1-3H3,(H2,20,21,22). The van der Waals surface area contributed by atoms with E-state index in [0.29, 0.717) is 6.54 Å². The Hall–Kier alpha value is -2.49. The predicted molar refractivity (Wildman–Crippen MR) is 92.8 cm³/mol. The molecule has 0 aliphatic heterocycles. The lowest BCUT2D eigenvalue weighted by Crippen LogP contribution is -2.38. The Balaban J connectivity index is 1.77. The molecule has 0 radical (unpaired) electrons. The van der Waals surface area contributed by atoms with Gasteiger partial charge in [-0.25, -0.2) is 4.79 Å². The Morgan fingerprint density at radius 2 is 1.83 bits per heavy atom. The van der Waals surface area contributed by atoms with Crippen molar-refractivity contribution in [1.29, 1.82) is 0 Å². The van der Waals surface area contributed by atoms with Crippen LogP contribution in [0.15, 0.2) is 48.5 Å². The quantitative estimate of drug-likeness (QED) is 0.856. The molecule has 0 saturated heterocycles. The zero-order valence-electron chi connectivity index (χ0n) is 13.9. The van der Waals surface area contributed by atoms with Gasteiger partial charge in [-0.05, 0) is 49.1 Å². The van der Waals surface area contributed by atoms with Crippen molar-refractivity contribution in [2.24, 2.45) is 0 Å². The van der Waals surface area contributed by atoms with E-state index in [-0.39, 0.29) is 12.1 Å². The largest absolute Gasteiger partial charge is 0.497 e. The van der Waals surface area contributed by atoms with Gasteiger partial charge in [0.05, 0.1) is 13.2 Å². The molecule has 1 unspecified atom stereocenters. The molecule has 4 nitrogen and oxygen atoms in total. The van der Waals surface area contributed by atoms with Gasteiger partial charge in [-0.3, -0.25) is 0 Å². The third kappa shape index (κ3) is 5.02. The molecule has 4 heteroatoms. The molecule has 0 aromatic heterocycles. The molecule has 0 fully saturated rings. The van der Waals surface area contributed by atoms with Crippen molar-refractivity contribution in [3.63, 3.8) is 0 Å². The van der Waals surface area contributed by atoms with Gasteiger partial charge in [0, 0.05) is 6.54 Å². The van der Waals surface area contributed by atoms with Gasteiger partial charge in [0.15, 0.2) is 0 Å². The lowest BCUT2D eigenvalue weighted by Gasteiger charge is -2.17. The van der Waals surface area contributed by atoms with Crippen LogP contribution in [-0.4, -0.2) is 19.7 Å². The summed E-state index contributed by atoms with van der Waals surface area (Å²) in [6.45, 7) is 4.64. The zero-order valence-corrected chi connectivity index (χ0v) is 13.9. The molecule has 2 N–H and O–H groups in total. The number of hydrogen-bond donors (Lipinski definition) is 2. The van der Waals surface area contributed by atoms with E-state index in [2.05, 4.69) is 23.6 Å². The normalized spacial score (nSPS) is 11.6. The number of amides is 2. The molecular formula is C19H24N2O2. The first-order chi connectivity index (χ1) is 11.1. The Morgan fingerprint density at radius 3 is 2.48 bits per heavy atom. The summed E-state index contributed by atoms with van der Waals surface area (Å²) in [4.78, 5) is 12.0. The first-order valence-electron chi connectivity index (χ1n) is 7.83. The molecule has 2 amide bonds. The van der Waals surface area contributed by atoms with E-state index in [4.69, 9.17) is 4.74 Å². The van der Waals surface area contributed by atoms with Crippen LogP contribution < -0.4 is 15.4 Å². The van der Waals surface area contributed by atoms with Gasteiger partial charge in [-0.1, -0.05) is 36.4 Å². The molecule has 2 aromatic carbocycles. The number of aryl methyl sites for hydroxylation is 1. The smallest absolute Gasteiger partial charge is 0.315 e. The zero-order chi connectivity index (χ0) is 16.7. The molecule has 0 heterocycles. The maximum absolute atomic E-state index is 12.0. The minimum atomic E-state index is -0.144. The Morgan fingerprint density at radius 1 is 1.13 bits per heavy atom. The summed E-state index contributed by atoms with van der Waals surface area (Å²) in [5.41, 5.74) is 3.48. The summed E-state index contributed by atoms with van der Waals surface area (Å²) in [7, 11) is 1.65. The van der Waals surface area contributed by atoms with Crippen LogP contribution >= 0.6 is 0 Å². The number of ether oxygens (including phenoxy) is 1. The average molecular weight is 312 g/mol. The predicted octanol–water partition coefficient (Wildman–Crippen LogP) is 3.61. The molecule has 0 spiro atoms. The van der Waals surface area contributed by atoms with Crippen LogP contribution in [0.2, 0.25) is 0 Å². The van der Waals surface area contributed by atoms with Crippen molar-refractivity contribution in [2.45, 2.75) is 26.3 Å². The van der Waals surface area contributed by atoms with E-state index < -0.39 is 0 Å². The minimum Gasteiger partial charge on any atom is -0.497 e. The molecular weight excluding hydrogens is 288 g/mol. The fraction of sp³-hybridized carbons (Fsp3) is 0.316. The fourth-order valence-electron chi connectivity index (χ4n) is 2.51. The molecule has 23 heavy (non-hydrogen) atoms. The number of urea groups is 1. The molecule has 2 rings (SSSR count). The first kappa shape index (κ1) is 16.9. The molecule has 122 valence electrons. The molecule has 0 saturated carbocycles. The number of carbonyl (C=O) groups is 1. The van der Waals surface area contributed by atoms with Crippen LogP contribution in [0.1, 0.15) is 29.7 Å². The lowest BCUT2D eigenvalue weighted by atomic mass is 10.0. The van der Waals surface area contributed by atoms with Crippen molar-refractivity contribution < 1.29 is 9.53 Å². The number of benzene rings is 2.